The van der Waals surface area contributed by atoms with Crippen LogP contribution in [0.1, 0.15) is 24.8 Å². The first kappa shape index (κ1) is 10.8. The molecule has 0 bridgehead atoms. The van der Waals surface area contributed by atoms with E-state index in [0.29, 0.717) is 0 Å². The maximum absolute atomic E-state index is 3.54. The Labute approximate surface area is 103 Å². The summed E-state index contributed by atoms with van der Waals surface area (Å²) in [4.78, 5) is 0. The Morgan fingerprint density at radius 3 is 2.65 bits per heavy atom. The fraction of sp³-hybridized carbons (Fsp3) is 0.375. The first-order chi connectivity index (χ1) is 8.42. The van der Waals surface area contributed by atoms with Crippen LogP contribution in [0.3, 0.4) is 0 Å². The van der Waals surface area contributed by atoms with Crippen LogP contribution in [0.4, 0.5) is 0 Å². The quantitative estimate of drug-likeness (QED) is 0.764. The van der Waals surface area contributed by atoms with Gasteiger partial charge in [-0.25, -0.2) is 0 Å². The molecule has 1 N–H and O–H groups in total. The molecule has 0 atom stereocenters. The van der Waals surface area contributed by atoms with Gasteiger partial charge in [0, 0.05) is 6.54 Å². The Bertz CT molecular complexity index is 500. The number of hydrogen-bond acceptors (Lipinski definition) is 1. The average Bonchev–Trinajstić information content (AvgIpc) is 3.18. The van der Waals surface area contributed by atoms with E-state index >= 15 is 0 Å². The normalized spacial score (nSPS) is 15.3. The van der Waals surface area contributed by atoms with Gasteiger partial charge in [-0.2, -0.15) is 0 Å². The second kappa shape index (κ2) is 4.89. The highest BCUT2D eigenvalue weighted by Gasteiger charge is 2.19. The Kier molecular flexibility index (Phi) is 3.10. The standard InChI is InChI=1S/C16H19N/c1-2-4-16-11-14(7-8-15(16)3-1)12-17-10-9-13-5-6-13/h1-4,7-8,11,13,17H,5-6,9-10,12H2. The van der Waals surface area contributed by atoms with Crippen LogP contribution in [0, 0.1) is 5.92 Å². The molecule has 1 aliphatic rings. The number of nitrogens with one attached hydrogen (secondary N) is 1. The maximum atomic E-state index is 3.54. The minimum absolute atomic E-state index is 0.998. The van der Waals surface area contributed by atoms with Crippen LogP contribution in [0.2, 0.25) is 0 Å². The zero-order valence-electron chi connectivity index (χ0n) is 10.2. The summed E-state index contributed by atoms with van der Waals surface area (Å²) in [7, 11) is 0. The highest BCUT2D eigenvalue weighted by atomic mass is 14.8. The molecule has 17 heavy (non-hydrogen) atoms. The van der Waals surface area contributed by atoms with Gasteiger partial charge in [-0.1, -0.05) is 49.2 Å². The molecule has 1 aliphatic carbocycles. The van der Waals surface area contributed by atoms with Crippen molar-refractivity contribution in [1.82, 2.24) is 5.32 Å². The fourth-order valence-corrected chi connectivity index (χ4v) is 2.29. The molecule has 2 aromatic carbocycles. The minimum atomic E-state index is 0.998. The molecule has 3 rings (SSSR count). The topological polar surface area (TPSA) is 12.0 Å². The van der Waals surface area contributed by atoms with E-state index in [1.807, 2.05) is 0 Å². The SMILES string of the molecule is c1ccc2cc(CNCCC3CC3)ccc2c1. The fourth-order valence-electron chi connectivity index (χ4n) is 2.29. The lowest BCUT2D eigenvalue weighted by Crippen LogP contribution is -2.15. The third-order valence-corrected chi connectivity index (χ3v) is 3.57. The van der Waals surface area contributed by atoms with E-state index in [4.69, 9.17) is 0 Å². The van der Waals surface area contributed by atoms with Crippen molar-refractivity contribution in [3.8, 4) is 0 Å². The minimum Gasteiger partial charge on any atom is -0.313 e. The predicted molar refractivity (Wildman–Crippen MR) is 73.0 cm³/mol. The van der Waals surface area contributed by atoms with E-state index in [-0.39, 0.29) is 0 Å². The molecule has 1 saturated carbocycles. The first-order valence-corrected chi connectivity index (χ1v) is 6.60. The lowest BCUT2D eigenvalue weighted by atomic mass is 10.1. The summed E-state index contributed by atoms with van der Waals surface area (Å²) in [5.41, 5.74) is 1.39. The largest absolute Gasteiger partial charge is 0.313 e. The summed E-state index contributed by atoms with van der Waals surface area (Å²) in [6.45, 7) is 2.16. The maximum Gasteiger partial charge on any atom is 0.0205 e. The van der Waals surface area contributed by atoms with Crippen LogP contribution in [0.25, 0.3) is 10.8 Å². The van der Waals surface area contributed by atoms with Gasteiger partial charge in [-0.15, -0.1) is 0 Å². The van der Waals surface area contributed by atoms with Crippen molar-refractivity contribution < 1.29 is 0 Å². The molecule has 0 radical (unpaired) electrons. The van der Waals surface area contributed by atoms with Gasteiger partial charge in [0.2, 0.25) is 0 Å². The molecule has 0 spiro atoms. The summed E-state index contributed by atoms with van der Waals surface area (Å²) in [5.74, 6) is 1.03. The molecule has 0 unspecified atom stereocenters. The molecule has 1 fully saturated rings. The smallest absolute Gasteiger partial charge is 0.0205 e. The molecular formula is C16H19N. The highest BCUT2D eigenvalue weighted by Crippen LogP contribution is 2.31. The summed E-state index contributed by atoms with van der Waals surface area (Å²) in [6, 6.07) is 15.3. The predicted octanol–water partition coefficient (Wildman–Crippen LogP) is 3.73. The van der Waals surface area contributed by atoms with E-state index in [9.17, 15) is 0 Å². The molecule has 1 heteroatoms. The van der Waals surface area contributed by atoms with Gasteiger partial charge < -0.3 is 5.32 Å². The van der Waals surface area contributed by atoms with Crippen molar-refractivity contribution >= 4 is 10.8 Å². The van der Waals surface area contributed by atoms with Crippen molar-refractivity contribution in [3.05, 3.63) is 48.0 Å². The van der Waals surface area contributed by atoms with Gasteiger partial charge in [-0.05, 0) is 41.3 Å². The third-order valence-electron chi connectivity index (χ3n) is 3.57. The second-order valence-electron chi connectivity index (χ2n) is 5.09. The molecule has 0 amide bonds. The molecule has 0 saturated heterocycles. The van der Waals surface area contributed by atoms with Crippen LogP contribution < -0.4 is 5.32 Å². The summed E-state index contributed by atoms with van der Waals surface area (Å²) in [6.07, 6.45) is 4.27. The summed E-state index contributed by atoms with van der Waals surface area (Å²) < 4.78 is 0. The van der Waals surface area contributed by atoms with Crippen LogP contribution in [0.15, 0.2) is 42.5 Å². The van der Waals surface area contributed by atoms with Crippen molar-refractivity contribution in [3.63, 3.8) is 0 Å². The van der Waals surface area contributed by atoms with E-state index in [1.165, 1.54) is 35.6 Å². The molecule has 1 nitrogen and oxygen atoms in total. The van der Waals surface area contributed by atoms with E-state index in [0.717, 1.165) is 19.0 Å². The number of benzene rings is 2. The molecule has 88 valence electrons. The average molecular weight is 225 g/mol. The van der Waals surface area contributed by atoms with E-state index in [1.54, 1.807) is 0 Å². The van der Waals surface area contributed by atoms with Gasteiger partial charge in [0.15, 0.2) is 0 Å². The Balaban J connectivity index is 1.59. The van der Waals surface area contributed by atoms with E-state index in [2.05, 4.69) is 47.8 Å². The Morgan fingerprint density at radius 1 is 1.00 bits per heavy atom. The molecule has 0 aromatic heterocycles. The molecular weight excluding hydrogens is 206 g/mol. The van der Waals surface area contributed by atoms with Gasteiger partial charge in [0.05, 0.1) is 0 Å². The van der Waals surface area contributed by atoms with Crippen molar-refractivity contribution in [1.29, 1.82) is 0 Å². The third kappa shape index (κ3) is 2.86. The molecule has 0 heterocycles. The van der Waals surface area contributed by atoms with Crippen molar-refractivity contribution in [2.75, 3.05) is 6.54 Å². The van der Waals surface area contributed by atoms with Gasteiger partial charge in [-0.3, -0.25) is 0 Å². The number of hydrogen-bond donors (Lipinski definition) is 1. The Morgan fingerprint density at radius 2 is 1.82 bits per heavy atom. The highest BCUT2D eigenvalue weighted by molar-refractivity contribution is 5.82. The zero-order valence-corrected chi connectivity index (χ0v) is 10.2. The van der Waals surface area contributed by atoms with Crippen molar-refractivity contribution in [2.45, 2.75) is 25.8 Å². The number of fused-ring (bicyclic) bond motifs is 1. The van der Waals surface area contributed by atoms with Crippen molar-refractivity contribution in [2.24, 2.45) is 5.92 Å². The van der Waals surface area contributed by atoms with Crippen LogP contribution in [-0.4, -0.2) is 6.54 Å². The van der Waals surface area contributed by atoms with Crippen LogP contribution in [-0.2, 0) is 6.54 Å². The lowest BCUT2D eigenvalue weighted by Gasteiger charge is -2.05. The first-order valence-electron chi connectivity index (χ1n) is 6.60. The lowest BCUT2D eigenvalue weighted by molar-refractivity contribution is 0.613. The second-order valence-corrected chi connectivity index (χ2v) is 5.09. The zero-order chi connectivity index (χ0) is 11.5. The Hall–Kier alpha value is -1.34. The molecule has 0 aliphatic heterocycles. The summed E-state index contributed by atoms with van der Waals surface area (Å²) >= 11 is 0. The van der Waals surface area contributed by atoms with Gasteiger partial charge in [0.25, 0.3) is 0 Å². The van der Waals surface area contributed by atoms with Gasteiger partial charge in [0.1, 0.15) is 0 Å². The van der Waals surface area contributed by atoms with Crippen LogP contribution in [0.5, 0.6) is 0 Å². The van der Waals surface area contributed by atoms with Crippen LogP contribution >= 0.6 is 0 Å². The molecule has 2 aromatic rings. The monoisotopic (exact) mass is 225 g/mol. The van der Waals surface area contributed by atoms with Gasteiger partial charge >= 0.3 is 0 Å². The van der Waals surface area contributed by atoms with E-state index < -0.39 is 0 Å². The number of rotatable bonds is 5. The summed E-state index contributed by atoms with van der Waals surface area (Å²) in [5, 5.41) is 6.21.